The lowest BCUT2D eigenvalue weighted by molar-refractivity contribution is 0.123. The van der Waals surface area contributed by atoms with Gasteiger partial charge in [-0.25, -0.2) is 0 Å². The molecule has 0 fully saturated rings. The Morgan fingerprint density at radius 1 is 1.13 bits per heavy atom. The second-order valence-corrected chi connectivity index (χ2v) is 7.00. The highest BCUT2D eigenvalue weighted by Crippen LogP contribution is 2.16. The van der Waals surface area contributed by atoms with Crippen molar-refractivity contribution in [2.75, 3.05) is 35.4 Å². The molecular formula is C9H21NO3SSi. The molecule has 0 unspecified atom stereocenters. The number of rotatable bonds is 7. The van der Waals surface area contributed by atoms with Crippen molar-refractivity contribution in [3.63, 3.8) is 0 Å². The summed E-state index contributed by atoms with van der Waals surface area (Å²) in [5.74, 6) is 0. The monoisotopic (exact) mass is 251 g/mol. The molecule has 0 spiro atoms. The molecule has 0 radical (unpaired) electrons. The quantitative estimate of drug-likeness (QED) is 0.506. The molecule has 0 bridgehead atoms. The van der Waals surface area contributed by atoms with Crippen LogP contribution in [0.3, 0.4) is 0 Å². The van der Waals surface area contributed by atoms with E-state index < -0.39 is 8.80 Å². The maximum Gasteiger partial charge on any atom is 0.500 e. The number of thiocarbonyl (C=S) groups is 1. The number of hydrogen-bond acceptors (Lipinski definition) is 4. The van der Waals surface area contributed by atoms with Gasteiger partial charge in [0.05, 0.1) is 4.99 Å². The van der Waals surface area contributed by atoms with E-state index in [1.807, 2.05) is 19.0 Å². The average molecular weight is 251 g/mol. The Bertz CT molecular complexity index is 190. The van der Waals surface area contributed by atoms with E-state index in [9.17, 15) is 0 Å². The second-order valence-electron chi connectivity index (χ2n) is 3.44. The number of hydrogen-bond donors (Lipinski definition) is 0. The molecule has 0 aliphatic heterocycles. The van der Waals surface area contributed by atoms with E-state index in [1.165, 1.54) is 0 Å². The van der Waals surface area contributed by atoms with Gasteiger partial charge < -0.3 is 18.2 Å². The van der Waals surface area contributed by atoms with E-state index in [0.717, 1.165) is 23.9 Å². The van der Waals surface area contributed by atoms with E-state index >= 15 is 0 Å². The summed E-state index contributed by atoms with van der Waals surface area (Å²) in [5.41, 5.74) is 0. The Morgan fingerprint density at radius 2 is 1.60 bits per heavy atom. The first-order valence-electron chi connectivity index (χ1n) is 4.87. The molecule has 0 amide bonds. The normalized spacial score (nSPS) is 11.5. The van der Waals surface area contributed by atoms with Gasteiger partial charge in [-0.15, -0.1) is 0 Å². The first-order chi connectivity index (χ1) is 7.01. The van der Waals surface area contributed by atoms with Gasteiger partial charge in [0.2, 0.25) is 0 Å². The Labute approximate surface area is 98.9 Å². The van der Waals surface area contributed by atoms with Gasteiger partial charge in [0, 0.05) is 41.5 Å². The van der Waals surface area contributed by atoms with Crippen molar-refractivity contribution in [3.05, 3.63) is 0 Å². The van der Waals surface area contributed by atoms with E-state index in [2.05, 4.69) is 0 Å². The lowest BCUT2D eigenvalue weighted by Gasteiger charge is -2.24. The topological polar surface area (TPSA) is 30.9 Å². The van der Waals surface area contributed by atoms with Crippen LogP contribution in [0.4, 0.5) is 0 Å². The molecule has 6 heteroatoms. The Balaban J connectivity index is 3.96. The Hall–Kier alpha value is -0.0131. The van der Waals surface area contributed by atoms with Crippen LogP contribution in [0.5, 0.6) is 0 Å². The van der Waals surface area contributed by atoms with Gasteiger partial charge in [-0.3, -0.25) is 0 Å². The molecular weight excluding hydrogens is 230 g/mol. The largest absolute Gasteiger partial charge is 0.500 e. The van der Waals surface area contributed by atoms with Gasteiger partial charge in [0.25, 0.3) is 0 Å². The molecule has 0 aromatic carbocycles. The van der Waals surface area contributed by atoms with Crippen LogP contribution in [-0.4, -0.2) is 54.1 Å². The summed E-state index contributed by atoms with van der Waals surface area (Å²) in [7, 11) is 6.40. The summed E-state index contributed by atoms with van der Waals surface area (Å²) >= 11 is 5.19. The number of nitrogens with zero attached hydrogens (tertiary/aromatic N) is 1. The van der Waals surface area contributed by atoms with Gasteiger partial charge >= 0.3 is 8.80 Å². The van der Waals surface area contributed by atoms with Crippen LogP contribution in [0, 0.1) is 0 Å². The molecule has 0 aliphatic carbocycles. The minimum atomic E-state index is -2.40. The fourth-order valence-corrected chi connectivity index (χ4v) is 3.10. The third-order valence-electron chi connectivity index (χ3n) is 2.31. The van der Waals surface area contributed by atoms with E-state index in [0.29, 0.717) is 0 Å². The SMILES string of the molecule is CO[Si](CCCC(=S)N(C)C)(OC)OC. The zero-order valence-corrected chi connectivity index (χ0v) is 12.0. The lowest BCUT2D eigenvalue weighted by atomic mass is 10.3. The van der Waals surface area contributed by atoms with Crippen LogP contribution in [0.1, 0.15) is 12.8 Å². The van der Waals surface area contributed by atoms with Crippen molar-refractivity contribution >= 4 is 26.0 Å². The molecule has 90 valence electrons. The minimum Gasteiger partial charge on any atom is -0.377 e. The van der Waals surface area contributed by atoms with Crippen LogP contribution in [-0.2, 0) is 13.3 Å². The standard InChI is InChI=1S/C9H21NO3SSi/c1-10(2)9(14)7-6-8-15(11-3,12-4)13-5/h6-8H2,1-5H3. The molecule has 0 heterocycles. The molecule has 0 aromatic heterocycles. The summed E-state index contributed by atoms with van der Waals surface area (Å²) in [6.45, 7) is 0. The van der Waals surface area contributed by atoms with Crippen LogP contribution in [0.2, 0.25) is 6.04 Å². The fourth-order valence-electron chi connectivity index (χ4n) is 1.24. The second kappa shape index (κ2) is 7.29. The zero-order valence-electron chi connectivity index (χ0n) is 10.2. The van der Waals surface area contributed by atoms with Crippen molar-refractivity contribution in [1.82, 2.24) is 4.90 Å². The summed E-state index contributed by atoms with van der Waals surface area (Å²) in [6.07, 6.45) is 1.80. The van der Waals surface area contributed by atoms with Gasteiger partial charge in [0.15, 0.2) is 0 Å². The van der Waals surface area contributed by atoms with Crippen LogP contribution < -0.4 is 0 Å². The third-order valence-corrected chi connectivity index (χ3v) is 5.71. The van der Waals surface area contributed by atoms with Crippen molar-refractivity contribution in [2.24, 2.45) is 0 Å². The van der Waals surface area contributed by atoms with Crippen LogP contribution in [0.15, 0.2) is 0 Å². The van der Waals surface area contributed by atoms with Gasteiger partial charge in [-0.1, -0.05) is 12.2 Å². The summed E-state index contributed by atoms with van der Waals surface area (Å²) < 4.78 is 15.9. The molecule has 0 aliphatic rings. The summed E-state index contributed by atoms with van der Waals surface area (Å²) in [5, 5.41) is 0. The van der Waals surface area contributed by atoms with Crippen molar-refractivity contribution in [2.45, 2.75) is 18.9 Å². The summed E-state index contributed by atoms with van der Waals surface area (Å²) in [6, 6.07) is 0.796. The molecule has 0 saturated carbocycles. The first-order valence-corrected chi connectivity index (χ1v) is 7.21. The first kappa shape index (κ1) is 15.0. The average Bonchev–Trinajstić information content (AvgIpc) is 2.24. The maximum absolute atomic E-state index is 5.32. The summed E-state index contributed by atoms with van der Waals surface area (Å²) in [4.78, 5) is 2.89. The molecule has 15 heavy (non-hydrogen) atoms. The Morgan fingerprint density at radius 3 is 1.93 bits per heavy atom. The van der Waals surface area contributed by atoms with Gasteiger partial charge in [-0.2, -0.15) is 0 Å². The van der Waals surface area contributed by atoms with Crippen molar-refractivity contribution in [3.8, 4) is 0 Å². The molecule has 4 nitrogen and oxygen atoms in total. The highest BCUT2D eigenvalue weighted by molar-refractivity contribution is 7.80. The smallest absolute Gasteiger partial charge is 0.377 e. The van der Waals surface area contributed by atoms with E-state index in [-0.39, 0.29) is 0 Å². The Kier molecular flexibility index (Phi) is 7.29. The molecule has 0 rings (SSSR count). The maximum atomic E-state index is 5.32. The fraction of sp³-hybridized carbons (Fsp3) is 0.889. The highest BCUT2D eigenvalue weighted by atomic mass is 32.1. The van der Waals surface area contributed by atoms with E-state index in [4.69, 9.17) is 25.5 Å². The van der Waals surface area contributed by atoms with Crippen molar-refractivity contribution in [1.29, 1.82) is 0 Å². The van der Waals surface area contributed by atoms with Crippen LogP contribution in [0.25, 0.3) is 0 Å². The molecule has 0 N–H and O–H groups in total. The lowest BCUT2D eigenvalue weighted by Crippen LogP contribution is -2.42. The molecule has 0 aromatic rings. The van der Waals surface area contributed by atoms with E-state index in [1.54, 1.807) is 21.3 Å². The van der Waals surface area contributed by atoms with Gasteiger partial charge in [-0.05, 0) is 12.8 Å². The third kappa shape index (κ3) is 5.03. The zero-order chi connectivity index (χ0) is 11.9. The van der Waals surface area contributed by atoms with Gasteiger partial charge in [0.1, 0.15) is 0 Å². The predicted octanol–water partition coefficient (Wildman–Crippen LogP) is 1.53. The van der Waals surface area contributed by atoms with Crippen molar-refractivity contribution < 1.29 is 13.3 Å². The predicted molar refractivity (Wildman–Crippen MR) is 67.1 cm³/mol. The molecule has 0 atom stereocenters. The minimum absolute atomic E-state index is 0.796. The molecule has 0 saturated heterocycles. The van der Waals surface area contributed by atoms with Crippen LogP contribution >= 0.6 is 12.2 Å². The highest BCUT2D eigenvalue weighted by Gasteiger charge is 2.36.